The molecule has 1 aliphatic rings. The van der Waals surface area contributed by atoms with Crippen molar-refractivity contribution in [2.24, 2.45) is 0 Å². The third kappa shape index (κ3) is 4.97. The molecule has 2 aromatic carbocycles. The number of halogens is 1. The highest BCUT2D eigenvalue weighted by molar-refractivity contribution is 6.30. The topological polar surface area (TPSA) is 49.8 Å². The van der Waals surface area contributed by atoms with E-state index in [0.29, 0.717) is 37.4 Å². The van der Waals surface area contributed by atoms with E-state index in [0.717, 1.165) is 11.1 Å². The fraction of sp³-hybridized carbons (Fsp3) is 0.350. The summed E-state index contributed by atoms with van der Waals surface area (Å²) in [6.45, 7) is 1.26. The molecule has 25 heavy (non-hydrogen) atoms. The van der Waals surface area contributed by atoms with Crippen molar-refractivity contribution in [3.63, 3.8) is 0 Å². The third-order valence-electron chi connectivity index (χ3n) is 4.60. The molecule has 1 fully saturated rings. The van der Waals surface area contributed by atoms with Gasteiger partial charge in [-0.25, -0.2) is 4.79 Å². The van der Waals surface area contributed by atoms with Crippen molar-refractivity contribution in [3.05, 3.63) is 70.7 Å². The first-order valence-electron chi connectivity index (χ1n) is 8.47. The molecule has 1 N–H and O–H groups in total. The molecular weight excluding hydrogens is 338 g/mol. The first kappa shape index (κ1) is 17.8. The van der Waals surface area contributed by atoms with Crippen molar-refractivity contribution in [3.8, 4) is 0 Å². The largest absolute Gasteiger partial charge is 0.445 e. The zero-order valence-electron chi connectivity index (χ0n) is 14.0. The SMILES string of the molecule is O=C(OCc1ccccc1)N1CCC(O)(Cc2ccc(Cl)cc2)CC1. The molecule has 132 valence electrons. The van der Waals surface area contributed by atoms with E-state index in [1.807, 2.05) is 54.6 Å². The van der Waals surface area contributed by atoms with Crippen LogP contribution < -0.4 is 0 Å². The fourth-order valence-corrected chi connectivity index (χ4v) is 3.20. The quantitative estimate of drug-likeness (QED) is 0.896. The summed E-state index contributed by atoms with van der Waals surface area (Å²) >= 11 is 5.90. The molecule has 2 aromatic rings. The molecule has 5 heteroatoms. The molecule has 0 bridgehead atoms. The summed E-state index contributed by atoms with van der Waals surface area (Å²) in [5.41, 5.74) is 1.23. The number of amides is 1. The van der Waals surface area contributed by atoms with Crippen LogP contribution in [-0.2, 0) is 17.8 Å². The Kier molecular flexibility index (Phi) is 5.61. The zero-order valence-corrected chi connectivity index (χ0v) is 14.8. The predicted octanol–water partition coefficient (Wildman–Crippen LogP) is 4.05. The lowest BCUT2D eigenvalue weighted by Gasteiger charge is -2.37. The second-order valence-corrected chi connectivity index (χ2v) is 6.99. The minimum Gasteiger partial charge on any atom is -0.445 e. The Morgan fingerprint density at radius 2 is 1.68 bits per heavy atom. The second-order valence-electron chi connectivity index (χ2n) is 6.55. The number of likely N-dealkylation sites (tertiary alicyclic amines) is 1. The van der Waals surface area contributed by atoms with E-state index in [-0.39, 0.29) is 12.7 Å². The number of ether oxygens (including phenoxy) is 1. The standard InChI is InChI=1S/C20H22ClNO3/c21-18-8-6-16(7-9-18)14-20(24)10-12-22(13-11-20)19(23)25-15-17-4-2-1-3-5-17/h1-9,24H,10-15H2. The summed E-state index contributed by atoms with van der Waals surface area (Å²) in [6, 6.07) is 17.1. The van der Waals surface area contributed by atoms with Crippen LogP contribution >= 0.6 is 11.6 Å². The van der Waals surface area contributed by atoms with Crippen molar-refractivity contribution in [2.45, 2.75) is 31.5 Å². The van der Waals surface area contributed by atoms with E-state index < -0.39 is 5.60 Å². The van der Waals surface area contributed by atoms with Crippen LogP contribution in [0.1, 0.15) is 24.0 Å². The Labute approximate surface area is 153 Å². The van der Waals surface area contributed by atoms with Crippen molar-refractivity contribution in [1.82, 2.24) is 4.90 Å². The molecule has 0 unspecified atom stereocenters. The number of rotatable bonds is 4. The van der Waals surface area contributed by atoms with E-state index in [9.17, 15) is 9.90 Å². The average Bonchev–Trinajstić information content (AvgIpc) is 2.63. The van der Waals surface area contributed by atoms with Gasteiger partial charge in [-0.1, -0.05) is 54.1 Å². The van der Waals surface area contributed by atoms with Gasteiger partial charge in [0, 0.05) is 24.5 Å². The first-order chi connectivity index (χ1) is 12.0. The third-order valence-corrected chi connectivity index (χ3v) is 4.86. The molecule has 0 atom stereocenters. The Morgan fingerprint density at radius 3 is 2.32 bits per heavy atom. The van der Waals surface area contributed by atoms with Gasteiger partial charge in [-0.3, -0.25) is 0 Å². The zero-order chi connectivity index (χ0) is 17.7. The number of hydrogen-bond acceptors (Lipinski definition) is 3. The van der Waals surface area contributed by atoms with Crippen molar-refractivity contribution >= 4 is 17.7 Å². The van der Waals surface area contributed by atoms with Gasteiger partial charge in [0.2, 0.25) is 0 Å². The molecule has 1 aliphatic heterocycles. The van der Waals surface area contributed by atoms with Gasteiger partial charge < -0.3 is 14.7 Å². The van der Waals surface area contributed by atoms with Crippen LogP contribution in [0.4, 0.5) is 4.79 Å². The van der Waals surface area contributed by atoms with Crippen molar-refractivity contribution < 1.29 is 14.6 Å². The van der Waals surface area contributed by atoms with Crippen LogP contribution in [0, 0.1) is 0 Å². The smallest absolute Gasteiger partial charge is 0.410 e. The molecular formula is C20H22ClNO3. The number of carbonyl (C=O) groups excluding carboxylic acids is 1. The summed E-state index contributed by atoms with van der Waals surface area (Å²) in [5.74, 6) is 0. The summed E-state index contributed by atoms with van der Waals surface area (Å²) in [5, 5.41) is 11.5. The number of nitrogens with zero attached hydrogens (tertiary/aromatic N) is 1. The Balaban J connectivity index is 1.48. The minimum absolute atomic E-state index is 0.269. The molecule has 1 amide bonds. The van der Waals surface area contributed by atoms with Gasteiger partial charge in [0.05, 0.1) is 5.60 Å². The summed E-state index contributed by atoms with van der Waals surface area (Å²) < 4.78 is 5.36. The van der Waals surface area contributed by atoms with E-state index in [4.69, 9.17) is 16.3 Å². The van der Waals surface area contributed by atoms with E-state index in [2.05, 4.69) is 0 Å². The molecule has 0 spiro atoms. The normalized spacial score (nSPS) is 16.5. The lowest BCUT2D eigenvalue weighted by Crippen LogP contribution is -2.47. The molecule has 0 aromatic heterocycles. The van der Waals surface area contributed by atoms with Crippen LogP contribution in [0.2, 0.25) is 5.02 Å². The number of aliphatic hydroxyl groups is 1. The lowest BCUT2D eigenvalue weighted by atomic mass is 9.85. The Bertz CT molecular complexity index is 695. The molecule has 3 rings (SSSR count). The van der Waals surface area contributed by atoms with Crippen LogP contribution in [0.15, 0.2) is 54.6 Å². The maximum absolute atomic E-state index is 12.2. The van der Waals surface area contributed by atoms with Crippen LogP contribution in [0.25, 0.3) is 0 Å². The Hall–Kier alpha value is -2.04. The average molecular weight is 360 g/mol. The molecule has 4 nitrogen and oxygen atoms in total. The van der Waals surface area contributed by atoms with Gasteiger partial charge >= 0.3 is 6.09 Å². The predicted molar refractivity (Wildman–Crippen MR) is 97.5 cm³/mol. The van der Waals surface area contributed by atoms with Gasteiger partial charge in [0.25, 0.3) is 0 Å². The first-order valence-corrected chi connectivity index (χ1v) is 8.84. The molecule has 1 saturated heterocycles. The summed E-state index contributed by atoms with van der Waals surface area (Å²) in [6.07, 6.45) is 1.32. The van der Waals surface area contributed by atoms with E-state index >= 15 is 0 Å². The minimum atomic E-state index is -0.788. The second kappa shape index (κ2) is 7.89. The molecule has 0 aliphatic carbocycles. The Morgan fingerprint density at radius 1 is 1.04 bits per heavy atom. The van der Waals surface area contributed by atoms with E-state index in [1.54, 1.807) is 4.90 Å². The van der Waals surface area contributed by atoms with Crippen LogP contribution in [0.5, 0.6) is 0 Å². The maximum Gasteiger partial charge on any atom is 0.410 e. The van der Waals surface area contributed by atoms with Gasteiger partial charge in [-0.2, -0.15) is 0 Å². The van der Waals surface area contributed by atoms with Gasteiger partial charge in [-0.05, 0) is 36.1 Å². The van der Waals surface area contributed by atoms with Crippen molar-refractivity contribution in [1.29, 1.82) is 0 Å². The van der Waals surface area contributed by atoms with Gasteiger partial charge in [-0.15, -0.1) is 0 Å². The van der Waals surface area contributed by atoms with Crippen LogP contribution in [-0.4, -0.2) is 34.8 Å². The maximum atomic E-state index is 12.2. The number of hydrogen-bond donors (Lipinski definition) is 1. The molecule has 0 radical (unpaired) electrons. The fourth-order valence-electron chi connectivity index (χ4n) is 3.08. The highest BCUT2D eigenvalue weighted by Crippen LogP contribution is 2.27. The number of benzene rings is 2. The number of piperidine rings is 1. The van der Waals surface area contributed by atoms with Gasteiger partial charge in [0.1, 0.15) is 6.61 Å². The summed E-state index contributed by atoms with van der Waals surface area (Å²) in [4.78, 5) is 13.9. The molecule has 1 heterocycles. The van der Waals surface area contributed by atoms with Crippen LogP contribution in [0.3, 0.4) is 0 Å². The van der Waals surface area contributed by atoms with E-state index in [1.165, 1.54) is 0 Å². The molecule has 0 saturated carbocycles. The van der Waals surface area contributed by atoms with Crippen molar-refractivity contribution in [2.75, 3.05) is 13.1 Å². The number of carbonyl (C=O) groups is 1. The lowest BCUT2D eigenvalue weighted by molar-refractivity contribution is -0.0206. The monoisotopic (exact) mass is 359 g/mol. The highest BCUT2D eigenvalue weighted by atomic mass is 35.5. The highest BCUT2D eigenvalue weighted by Gasteiger charge is 2.34. The van der Waals surface area contributed by atoms with Gasteiger partial charge in [0.15, 0.2) is 0 Å². The summed E-state index contributed by atoms with van der Waals surface area (Å²) in [7, 11) is 0.